The minimum atomic E-state index is -0.147. The molecule has 0 saturated carbocycles. The molecule has 0 unspecified atom stereocenters. The van der Waals surface area contributed by atoms with Crippen LogP contribution in [0.25, 0.3) is 0 Å². The van der Waals surface area contributed by atoms with E-state index in [2.05, 4.69) is 15.7 Å². The highest BCUT2D eigenvalue weighted by atomic mass is 32.2. The van der Waals surface area contributed by atoms with Gasteiger partial charge in [0, 0.05) is 11.8 Å². The molecule has 0 atom stereocenters. The number of oxime groups is 1. The van der Waals surface area contributed by atoms with E-state index >= 15 is 0 Å². The maximum Gasteiger partial charge on any atom is 0.281 e. The van der Waals surface area contributed by atoms with Gasteiger partial charge < -0.3 is 4.84 Å². The highest BCUT2D eigenvalue weighted by Crippen LogP contribution is 2.39. The van der Waals surface area contributed by atoms with Crippen LogP contribution in [0.15, 0.2) is 14.5 Å². The zero-order valence-corrected chi connectivity index (χ0v) is 15.9. The summed E-state index contributed by atoms with van der Waals surface area (Å²) in [6, 6.07) is 0. The Morgan fingerprint density at radius 3 is 2.74 bits per heavy atom. The highest BCUT2D eigenvalue weighted by Gasteiger charge is 2.28. The fraction of sp³-hybridized carbons (Fsp3) is 0.562. The van der Waals surface area contributed by atoms with Gasteiger partial charge in [0.25, 0.3) is 5.91 Å². The third-order valence-electron chi connectivity index (χ3n) is 3.31. The van der Waals surface area contributed by atoms with Crippen LogP contribution in [-0.4, -0.2) is 31.2 Å². The summed E-state index contributed by atoms with van der Waals surface area (Å²) < 4.78 is 1.11. The summed E-state index contributed by atoms with van der Waals surface area (Å²) in [6.45, 7) is 6.11. The Hall–Kier alpha value is -1.34. The molecule has 0 aliphatic heterocycles. The lowest BCUT2D eigenvalue weighted by Gasteiger charge is -2.15. The van der Waals surface area contributed by atoms with Gasteiger partial charge in [0.1, 0.15) is 7.11 Å². The van der Waals surface area contributed by atoms with Gasteiger partial charge in [-0.3, -0.25) is 4.79 Å². The van der Waals surface area contributed by atoms with Crippen molar-refractivity contribution in [3.05, 3.63) is 16.0 Å². The molecule has 1 amide bonds. The van der Waals surface area contributed by atoms with Crippen LogP contribution in [0.2, 0.25) is 0 Å². The number of thiophene rings is 1. The zero-order chi connectivity index (χ0) is 17.0. The minimum Gasteiger partial charge on any atom is -0.399 e. The second-order valence-corrected chi connectivity index (χ2v) is 8.51. The Morgan fingerprint density at radius 2 is 2.13 bits per heavy atom. The predicted octanol–water partition coefficient (Wildman–Crippen LogP) is 3.92. The van der Waals surface area contributed by atoms with Crippen molar-refractivity contribution in [1.29, 1.82) is 0 Å². The van der Waals surface area contributed by atoms with Crippen LogP contribution >= 0.6 is 23.1 Å². The van der Waals surface area contributed by atoms with E-state index in [-0.39, 0.29) is 11.3 Å². The van der Waals surface area contributed by atoms with Gasteiger partial charge in [0.15, 0.2) is 0 Å². The minimum absolute atomic E-state index is 0.0646. The summed E-state index contributed by atoms with van der Waals surface area (Å²) in [5.41, 5.74) is 5.68. The van der Waals surface area contributed by atoms with Crippen LogP contribution in [0.5, 0.6) is 0 Å². The van der Waals surface area contributed by atoms with Gasteiger partial charge in [-0.2, -0.15) is 5.10 Å². The van der Waals surface area contributed by atoms with E-state index in [9.17, 15) is 4.79 Å². The van der Waals surface area contributed by atoms with Crippen LogP contribution < -0.4 is 5.43 Å². The molecule has 23 heavy (non-hydrogen) atoms. The molecule has 1 aliphatic carbocycles. The van der Waals surface area contributed by atoms with Crippen molar-refractivity contribution in [3.63, 3.8) is 0 Å². The number of hydrogen-bond donors (Lipinski definition) is 1. The number of thioether (sulfide) groups is 1. The van der Waals surface area contributed by atoms with Crippen molar-refractivity contribution < 1.29 is 9.63 Å². The number of hydrazone groups is 1. The summed E-state index contributed by atoms with van der Waals surface area (Å²) >= 11 is 3.15. The first-order chi connectivity index (χ1) is 10.9. The topological polar surface area (TPSA) is 63.0 Å². The maximum atomic E-state index is 12.5. The first-order valence-corrected chi connectivity index (χ1v) is 9.56. The summed E-state index contributed by atoms with van der Waals surface area (Å²) in [6.07, 6.45) is 6.52. The van der Waals surface area contributed by atoms with E-state index < -0.39 is 0 Å². The van der Waals surface area contributed by atoms with E-state index in [1.165, 1.54) is 11.3 Å². The standard InChI is InChI=1S/C16H23N3O2S2/c1-16(2,3)9-17-18-14(20)13-10-7-6-8-11(19-21-4)12(10)15(22-5)23-13/h9H,6-8H2,1-5H3,(H,18,20)/b17-9+,19-11+. The van der Waals surface area contributed by atoms with E-state index in [0.29, 0.717) is 0 Å². The monoisotopic (exact) mass is 353 g/mol. The molecule has 0 bridgehead atoms. The Labute approximate surface area is 145 Å². The molecule has 0 saturated heterocycles. The SMILES string of the molecule is CO/N=C1\CCCc2c(C(=O)N/N=C/C(C)(C)C)sc(SC)c21. The van der Waals surface area contributed by atoms with Crippen molar-refractivity contribution in [2.45, 2.75) is 44.2 Å². The number of fused-ring (bicyclic) bond motifs is 1. The van der Waals surface area contributed by atoms with E-state index in [1.807, 2.05) is 27.0 Å². The van der Waals surface area contributed by atoms with Crippen LogP contribution in [0, 0.1) is 5.41 Å². The molecular formula is C16H23N3O2S2. The quantitative estimate of drug-likeness (QED) is 0.507. The largest absolute Gasteiger partial charge is 0.399 e. The molecule has 1 heterocycles. The summed E-state index contributed by atoms with van der Waals surface area (Å²) in [5.74, 6) is -0.147. The fourth-order valence-corrected chi connectivity index (χ4v) is 4.42. The Kier molecular flexibility index (Phi) is 5.86. The second kappa shape index (κ2) is 7.49. The molecule has 1 aromatic rings. The van der Waals surface area contributed by atoms with Crippen molar-refractivity contribution in [2.24, 2.45) is 15.7 Å². The van der Waals surface area contributed by atoms with Crippen molar-refractivity contribution in [1.82, 2.24) is 5.43 Å². The average molecular weight is 354 g/mol. The third kappa shape index (κ3) is 4.35. The molecule has 1 aromatic heterocycles. The third-order valence-corrected chi connectivity index (χ3v) is 5.67. The number of carbonyl (C=O) groups is 1. The number of carbonyl (C=O) groups excluding carboxylic acids is 1. The lowest BCUT2D eigenvalue weighted by atomic mass is 9.92. The van der Waals surface area contributed by atoms with Crippen LogP contribution in [0.1, 0.15) is 54.4 Å². The van der Waals surface area contributed by atoms with Crippen LogP contribution in [0.3, 0.4) is 0 Å². The Morgan fingerprint density at radius 1 is 1.39 bits per heavy atom. The number of rotatable bonds is 4. The average Bonchev–Trinajstić information content (AvgIpc) is 2.86. The number of hydrogen-bond acceptors (Lipinski definition) is 6. The maximum absolute atomic E-state index is 12.5. The van der Waals surface area contributed by atoms with Gasteiger partial charge in [-0.25, -0.2) is 5.43 Å². The number of nitrogens with one attached hydrogen (secondary N) is 1. The molecule has 1 aliphatic rings. The molecule has 7 heteroatoms. The van der Waals surface area contributed by atoms with E-state index in [1.54, 1.807) is 25.1 Å². The molecule has 5 nitrogen and oxygen atoms in total. The molecule has 0 aromatic carbocycles. The Bertz CT molecular complexity index is 642. The first kappa shape index (κ1) is 18.0. The van der Waals surface area contributed by atoms with Crippen LogP contribution in [-0.2, 0) is 11.3 Å². The Balaban J connectivity index is 2.32. The van der Waals surface area contributed by atoms with Gasteiger partial charge in [0.2, 0.25) is 0 Å². The van der Waals surface area contributed by atoms with E-state index in [0.717, 1.165) is 45.2 Å². The number of nitrogens with zero attached hydrogens (tertiary/aromatic N) is 2. The summed E-state index contributed by atoms with van der Waals surface area (Å²) in [4.78, 5) is 18.2. The lowest BCUT2D eigenvalue weighted by Crippen LogP contribution is -2.21. The van der Waals surface area contributed by atoms with Crippen molar-refractivity contribution in [3.8, 4) is 0 Å². The number of amides is 1. The van der Waals surface area contributed by atoms with Crippen molar-refractivity contribution >= 4 is 40.9 Å². The second-order valence-electron chi connectivity index (χ2n) is 6.42. The van der Waals surface area contributed by atoms with Gasteiger partial charge in [-0.15, -0.1) is 23.1 Å². The first-order valence-electron chi connectivity index (χ1n) is 7.52. The fourth-order valence-electron chi connectivity index (χ4n) is 2.39. The van der Waals surface area contributed by atoms with E-state index in [4.69, 9.17) is 4.84 Å². The van der Waals surface area contributed by atoms with Gasteiger partial charge in [-0.05, 0) is 36.5 Å². The zero-order valence-electron chi connectivity index (χ0n) is 14.2. The molecule has 2 rings (SSSR count). The molecule has 0 radical (unpaired) electrons. The van der Waals surface area contributed by atoms with Crippen molar-refractivity contribution in [2.75, 3.05) is 13.4 Å². The molecule has 0 fully saturated rings. The van der Waals surface area contributed by atoms with Gasteiger partial charge >= 0.3 is 0 Å². The smallest absolute Gasteiger partial charge is 0.281 e. The van der Waals surface area contributed by atoms with Crippen LogP contribution in [0.4, 0.5) is 0 Å². The predicted molar refractivity (Wildman–Crippen MR) is 98.0 cm³/mol. The molecule has 126 valence electrons. The molecule has 1 N–H and O–H groups in total. The molecular weight excluding hydrogens is 330 g/mol. The lowest BCUT2D eigenvalue weighted by molar-refractivity contribution is 0.0958. The highest BCUT2D eigenvalue weighted by molar-refractivity contribution is 8.00. The summed E-state index contributed by atoms with van der Waals surface area (Å²) in [5, 5.41) is 8.23. The normalized spacial score (nSPS) is 16.7. The van der Waals surface area contributed by atoms with Gasteiger partial charge in [-0.1, -0.05) is 25.9 Å². The molecule has 0 spiro atoms. The summed E-state index contributed by atoms with van der Waals surface area (Å²) in [7, 11) is 1.56. The van der Waals surface area contributed by atoms with Gasteiger partial charge in [0.05, 0.1) is 14.8 Å².